The van der Waals surface area contributed by atoms with Crippen LogP contribution >= 0.6 is 11.6 Å². The van der Waals surface area contributed by atoms with Crippen molar-refractivity contribution in [1.29, 1.82) is 0 Å². The van der Waals surface area contributed by atoms with E-state index in [1.54, 1.807) is 5.06 Å². The van der Waals surface area contributed by atoms with Crippen LogP contribution < -0.4 is 0 Å². The van der Waals surface area contributed by atoms with E-state index in [4.69, 9.17) is 16.4 Å². The molecule has 0 spiro atoms. The van der Waals surface area contributed by atoms with Crippen molar-refractivity contribution in [2.24, 2.45) is 4.99 Å². The number of rotatable bonds is 2. The zero-order valence-corrected chi connectivity index (χ0v) is 9.53. The lowest BCUT2D eigenvalue weighted by Gasteiger charge is -2.17. The molecule has 15 heavy (non-hydrogen) atoms. The molecule has 0 N–H and O–H groups in total. The lowest BCUT2D eigenvalue weighted by Crippen LogP contribution is -2.19. The summed E-state index contributed by atoms with van der Waals surface area (Å²) in [6.07, 6.45) is -0.0695. The van der Waals surface area contributed by atoms with Gasteiger partial charge in [0.15, 0.2) is 6.17 Å². The number of halogens is 1. The molecule has 0 aliphatic carbocycles. The first kappa shape index (κ1) is 10.5. The monoisotopic (exact) mass is 224 g/mol. The van der Waals surface area contributed by atoms with E-state index in [1.165, 1.54) is 5.56 Å². The van der Waals surface area contributed by atoms with Crippen molar-refractivity contribution in [3.8, 4) is 0 Å². The number of benzene rings is 1. The van der Waals surface area contributed by atoms with Crippen LogP contribution in [0, 0.1) is 6.92 Å². The Morgan fingerprint density at radius 1 is 1.47 bits per heavy atom. The fourth-order valence-electron chi connectivity index (χ4n) is 1.66. The van der Waals surface area contributed by atoms with Crippen molar-refractivity contribution < 1.29 is 4.84 Å². The highest BCUT2D eigenvalue weighted by atomic mass is 35.5. The van der Waals surface area contributed by atoms with Crippen molar-refractivity contribution in [1.82, 2.24) is 5.06 Å². The fraction of sp³-hybridized carbons (Fsp3) is 0.364. The van der Waals surface area contributed by atoms with Crippen molar-refractivity contribution >= 4 is 17.5 Å². The molecule has 1 aliphatic rings. The molecule has 0 amide bonds. The minimum Gasteiger partial charge on any atom is -0.387 e. The Morgan fingerprint density at radius 3 is 2.80 bits per heavy atom. The van der Waals surface area contributed by atoms with Crippen LogP contribution in [0.3, 0.4) is 0 Å². The van der Waals surface area contributed by atoms with Crippen LogP contribution in [0.4, 0.5) is 0 Å². The highest BCUT2D eigenvalue weighted by Gasteiger charge is 2.26. The summed E-state index contributed by atoms with van der Waals surface area (Å²) in [6.45, 7) is 2.07. The summed E-state index contributed by atoms with van der Waals surface area (Å²) in [5.74, 6) is 0.889. The van der Waals surface area contributed by atoms with Gasteiger partial charge in [0, 0.05) is 7.05 Å². The molecule has 80 valence electrons. The molecule has 0 bridgehead atoms. The third-order valence-electron chi connectivity index (χ3n) is 2.44. The van der Waals surface area contributed by atoms with Gasteiger partial charge in [-0.2, -0.15) is 0 Å². The maximum absolute atomic E-state index is 5.68. The maximum Gasteiger partial charge on any atom is 0.226 e. The van der Waals surface area contributed by atoms with Crippen LogP contribution in [0.15, 0.2) is 29.3 Å². The van der Waals surface area contributed by atoms with Gasteiger partial charge in [-0.15, -0.1) is 16.7 Å². The highest BCUT2D eigenvalue weighted by Crippen LogP contribution is 2.28. The summed E-state index contributed by atoms with van der Waals surface area (Å²) in [5.41, 5.74) is 2.36. The van der Waals surface area contributed by atoms with Gasteiger partial charge in [-0.25, -0.2) is 4.99 Å². The highest BCUT2D eigenvalue weighted by molar-refractivity contribution is 6.27. The lowest BCUT2D eigenvalue weighted by atomic mass is 10.1. The van der Waals surface area contributed by atoms with Gasteiger partial charge in [0.05, 0.1) is 0 Å². The number of hydrogen-bond acceptors (Lipinski definition) is 3. The van der Waals surface area contributed by atoms with Gasteiger partial charge in [-0.3, -0.25) is 0 Å². The standard InChI is InChI=1S/C11H13ClN2O/c1-8-5-3-4-6-9(8)11-13-10(7-12)15-14(11)2/h3-6,11H,7H2,1-2H3. The van der Waals surface area contributed by atoms with Gasteiger partial charge in [0.1, 0.15) is 5.88 Å². The molecule has 1 heterocycles. The molecule has 1 unspecified atom stereocenters. The van der Waals surface area contributed by atoms with E-state index >= 15 is 0 Å². The molecule has 1 atom stereocenters. The van der Waals surface area contributed by atoms with Crippen LogP contribution in [0.2, 0.25) is 0 Å². The third-order valence-corrected chi connectivity index (χ3v) is 2.67. The van der Waals surface area contributed by atoms with E-state index in [0.29, 0.717) is 11.8 Å². The summed E-state index contributed by atoms with van der Waals surface area (Å²) >= 11 is 5.68. The van der Waals surface area contributed by atoms with Crippen LogP contribution in [-0.2, 0) is 4.84 Å². The molecule has 3 nitrogen and oxygen atoms in total. The SMILES string of the molecule is Cc1ccccc1C1N=C(CCl)ON1C. The van der Waals surface area contributed by atoms with Gasteiger partial charge >= 0.3 is 0 Å². The first-order chi connectivity index (χ1) is 7.22. The second kappa shape index (κ2) is 4.21. The number of hydrogen-bond donors (Lipinski definition) is 0. The minimum absolute atomic E-state index is 0.0695. The molecule has 1 aromatic rings. The summed E-state index contributed by atoms with van der Waals surface area (Å²) < 4.78 is 0. The Balaban J connectivity index is 2.32. The van der Waals surface area contributed by atoms with Gasteiger partial charge in [0.25, 0.3) is 0 Å². The molecule has 0 saturated heterocycles. The van der Waals surface area contributed by atoms with E-state index in [1.807, 2.05) is 19.2 Å². The number of aliphatic imine (C=N–C) groups is 1. The first-order valence-corrected chi connectivity index (χ1v) is 5.35. The maximum atomic E-state index is 5.68. The Morgan fingerprint density at radius 2 is 2.20 bits per heavy atom. The minimum atomic E-state index is -0.0695. The van der Waals surface area contributed by atoms with Crippen molar-refractivity contribution in [2.75, 3.05) is 12.9 Å². The molecule has 0 saturated carbocycles. The first-order valence-electron chi connectivity index (χ1n) is 4.81. The number of aryl methyl sites for hydroxylation is 1. The summed E-state index contributed by atoms with van der Waals surface area (Å²) in [5, 5.41) is 1.72. The van der Waals surface area contributed by atoms with Gasteiger partial charge in [0.2, 0.25) is 5.90 Å². The van der Waals surface area contributed by atoms with E-state index in [2.05, 4.69) is 24.0 Å². The number of nitrogens with zero attached hydrogens (tertiary/aromatic N) is 2. The molecule has 4 heteroatoms. The van der Waals surface area contributed by atoms with Crippen LogP contribution in [0.25, 0.3) is 0 Å². The van der Waals surface area contributed by atoms with Gasteiger partial charge < -0.3 is 4.84 Å². The Bertz CT molecular complexity index is 392. The van der Waals surface area contributed by atoms with Crippen LogP contribution in [0.5, 0.6) is 0 Å². The number of alkyl halides is 1. The Hall–Kier alpha value is -1.06. The average Bonchev–Trinajstić information content (AvgIpc) is 2.60. The normalized spacial score (nSPS) is 21.3. The molecule has 0 fully saturated rings. The second-order valence-corrected chi connectivity index (χ2v) is 3.79. The van der Waals surface area contributed by atoms with Gasteiger partial charge in [-0.05, 0) is 18.1 Å². The fourth-order valence-corrected chi connectivity index (χ4v) is 1.78. The Kier molecular flexibility index (Phi) is 2.93. The molecule has 1 aromatic carbocycles. The third kappa shape index (κ3) is 1.98. The van der Waals surface area contributed by atoms with Crippen LogP contribution in [-0.4, -0.2) is 23.9 Å². The van der Waals surface area contributed by atoms with Gasteiger partial charge in [-0.1, -0.05) is 24.3 Å². The second-order valence-electron chi connectivity index (χ2n) is 3.52. The molecular formula is C11H13ClN2O. The summed E-state index contributed by atoms with van der Waals surface area (Å²) in [4.78, 5) is 9.79. The van der Waals surface area contributed by atoms with Crippen molar-refractivity contribution in [3.63, 3.8) is 0 Å². The predicted octanol–water partition coefficient (Wildman–Crippen LogP) is 2.51. The molecule has 0 radical (unpaired) electrons. The smallest absolute Gasteiger partial charge is 0.226 e. The summed E-state index contributed by atoms with van der Waals surface area (Å²) in [6, 6.07) is 8.14. The predicted molar refractivity (Wildman–Crippen MR) is 60.9 cm³/mol. The Labute approximate surface area is 94.3 Å². The van der Waals surface area contributed by atoms with E-state index in [0.717, 1.165) is 5.56 Å². The number of hydroxylamine groups is 2. The summed E-state index contributed by atoms with van der Waals surface area (Å²) in [7, 11) is 1.86. The van der Waals surface area contributed by atoms with E-state index in [9.17, 15) is 0 Å². The molecule has 1 aliphatic heterocycles. The zero-order valence-electron chi connectivity index (χ0n) is 8.77. The lowest BCUT2D eigenvalue weighted by molar-refractivity contribution is -0.0583. The molecule has 2 rings (SSSR count). The van der Waals surface area contributed by atoms with Crippen molar-refractivity contribution in [2.45, 2.75) is 13.1 Å². The topological polar surface area (TPSA) is 24.8 Å². The van der Waals surface area contributed by atoms with Crippen LogP contribution in [0.1, 0.15) is 17.3 Å². The quantitative estimate of drug-likeness (QED) is 0.722. The largest absolute Gasteiger partial charge is 0.387 e. The average molecular weight is 225 g/mol. The molecule has 0 aromatic heterocycles. The molecular weight excluding hydrogens is 212 g/mol. The van der Waals surface area contributed by atoms with E-state index < -0.39 is 0 Å². The van der Waals surface area contributed by atoms with E-state index in [-0.39, 0.29) is 6.17 Å². The zero-order chi connectivity index (χ0) is 10.8. The van der Waals surface area contributed by atoms with Crippen molar-refractivity contribution in [3.05, 3.63) is 35.4 Å².